The summed E-state index contributed by atoms with van der Waals surface area (Å²) in [6, 6.07) is 9.95. The van der Waals surface area contributed by atoms with E-state index in [1.54, 1.807) is 0 Å². The lowest BCUT2D eigenvalue weighted by atomic mass is 9.68. The zero-order chi connectivity index (χ0) is 18.6. The summed E-state index contributed by atoms with van der Waals surface area (Å²) in [5.41, 5.74) is 1.48. The summed E-state index contributed by atoms with van der Waals surface area (Å²) in [5, 5.41) is 28.6. The van der Waals surface area contributed by atoms with Crippen molar-refractivity contribution in [1.29, 1.82) is 5.26 Å². The lowest BCUT2D eigenvalue weighted by molar-refractivity contribution is -0.141. The first-order chi connectivity index (χ1) is 12.6. The van der Waals surface area contributed by atoms with E-state index in [0.717, 1.165) is 31.4 Å². The summed E-state index contributed by atoms with van der Waals surface area (Å²) >= 11 is 0. The largest absolute Gasteiger partial charge is 0.396 e. The summed E-state index contributed by atoms with van der Waals surface area (Å²) in [6.45, 7) is 2.75. The average molecular weight is 357 g/mol. The van der Waals surface area contributed by atoms with Crippen molar-refractivity contribution in [3.05, 3.63) is 35.4 Å². The molecule has 1 aromatic carbocycles. The van der Waals surface area contributed by atoms with Crippen LogP contribution in [0, 0.1) is 16.7 Å². The molecular weight excluding hydrogens is 330 g/mol. The zero-order valence-electron chi connectivity index (χ0n) is 15.1. The highest BCUT2D eigenvalue weighted by molar-refractivity contribution is 5.76. The van der Waals surface area contributed by atoms with Gasteiger partial charge in [0.05, 0.1) is 24.8 Å². The number of benzene rings is 1. The van der Waals surface area contributed by atoms with Crippen LogP contribution in [0.15, 0.2) is 24.3 Å². The Kier molecular flexibility index (Phi) is 5.92. The van der Waals surface area contributed by atoms with Gasteiger partial charge in [0.15, 0.2) is 0 Å². The first-order valence-corrected chi connectivity index (χ1v) is 9.35. The molecule has 0 aromatic heterocycles. The number of hydrogen-bond acceptors (Lipinski definition) is 5. The molecule has 2 aliphatic rings. The van der Waals surface area contributed by atoms with Gasteiger partial charge < -0.3 is 15.1 Å². The van der Waals surface area contributed by atoms with Gasteiger partial charge in [0.1, 0.15) is 0 Å². The highest BCUT2D eigenvalue weighted by Gasteiger charge is 2.48. The second-order valence-electron chi connectivity index (χ2n) is 7.44. The number of rotatable bonds is 5. The maximum absolute atomic E-state index is 12.3. The second-order valence-corrected chi connectivity index (χ2v) is 7.44. The molecule has 1 amide bonds. The van der Waals surface area contributed by atoms with Gasteiger partial charge in [0.25, 0.3) is 0 Å². The molecular formula is C20H27N3O3. The Morgan fingerprint density at radius 1 is 1.27 bits per heavy atom. The van der Waals surface area contributed by atoms with Crippen LogP contribution in [0.3, 0.4) is 0 Å². The Morgan fingerprint density at radius 2 is 2.08 bits per heavy atom. The molecule has 0 aliphatic carbocycles. The number of carbonyl (C=O) groups is 1. The second kappa shape index (κ2) is 8.17. The number of nitriles is 1. The number of hydrogen-bond donors (Lipinski definition) is 2. The molecule has 0 saturated carbocycles. The minimum absolute atomic E-state index is 0.0259. The van der Waals surface area contributed by atoms with Gasteiger partial charge in [0, 0.05) is 37.5 Å². The van der Waals surface area contributed by atoms with Gasteiger partial charge in [-0.2, -0.15) is 5.26 Å². The molecule has 3 rings (SSSR count). The van der Waals surface area contributed by atoms with Crippen LogP contribution in [0.25, 0.3) is 0 Å². The number of amides is 1. The first kappa shape index (κ1) is 18.8. The molecule has 1 aromatic rings. The Hall–Kier alpha value is -1.94. The van der Waals surface area contributed by atoms with E-state index in [1.165, 1.54) is 0 Å². The molecule has 6 heteroatoms. The third kappa shape index (κ3) is 3.61. The van der Waals surface area contributed by atoms with Crippen molar-refractivity contribution in [2.75, 3.05) is 32.8 Å². The molecule has 2 atom stereocenters. The van der Waals surface area contributed by atoms with Crippen LogP contribution in [-0.2, 0) is 11.3 Å². The molecule has 2 N–H and O–H groups in total. The number of fused-ring (bicyclic) bond motifs is 1. The fourth-order valence-electron chi connectivity index (χ4n) is 4.52. The van der Waals surface area contributed by atoms with E-state index in [9.17, 15) is 15.2 Å². The van der Waals surface area contributed by atoms with Gasteiger partial charge in [-0.3, -0.25) is 9.69 Å². The van der Waals surface area contributed by atoms with Crippen molar-refractivity contribution in [2.24, 2.45) is 5.41 Å². The van der Waals surface area contributed by atoms with Crippen molar-refractivity contribution in [3.8, 4) is 6.07 Å². The van der Waals surface area contributed by atoms with Crippen LogP contribution in [0.1, 0.15) is 36.8 Å². The zero-order valence-corrected chi connectivity index (χ0v) is 15.1. The molecule has 0 bridgehead atoms. The number of aliphatic hydroxyl groups excluding tert-OH is 2. The number of carbonyl (C=O) groups excluding carboxylic acids is 1. The maximum Gasteiger partial charge on any atom is 0.224 e. The van der Waals surface area contributed by atoms with Crippen LogP contribution in [0.4, 0.5) is 0 Å². The average Bonchev–Trinajstić information content (AvgIpc) is 2.68. The minimum atomic E-state index is -0.185. The number of aliphatic hydroxyl groups is 2. The predicted molar refractivity (Wildman–Crippen MR) is 97.0 cm³/mol. The minimum Gasteiger partial charge on any atom is -0.396 e. The van der Waals surface area contributed by atoms with E-state index in [-0.39, 0.29) is 37.0 Å². The van der Waals surface area contributed by atoms with E-state index >= 15 is 0 Å². The normalized spacial score (nSPS) is 26.2. The summed E-state index contributed by atoms with van der Waals surface area (Å²) in [5.74, 6) is -0.0259. The highest BCUT2D eigenvalue weighted by Crippen LogP contribution is 2.42. The molecule has 0 unspecified atom stereocenters. The van der Waals surface area contributed by atoms with Crippen molar-refractivity contribution in [1.82, 2.24) is 9.80 Å². The molecule has 0 spiro atoms. The quantitative estimate of drug-likeness (QED) is 0.824. The Labute approximate surface area is 154 Å². The molecule has 140 valence electrons. The van der Waals surface area contributed by atoms with Crippen molar-refractivity contribution in [3.63, 3.8) is 0 Å². The standard InChI is InChI=1S/C20H27N3O3/c21-12-16-4-1-2-5-17(16)13-22-9-3-7-20(15-25)8-10-23(14-18(20)22)19(26)6-11-24/h1-2,4-5,18,24-25H,3,6-11,13-15H2/t18-,20-/m1/s1. The van der Waals surface area contributed by atoms with Crippen molar-refractivity contribution >= 4 is 5.91 Å². The summed E-state index contributed by atoms with van der Waals surface area (Å²) in [6.07, 6.45) is 2.90. The molecule has 2 fully saturated rings. The van der Waals surface area contributed by atoms with Crippen LogP contribution in [0.2, 0.25) is 0 Å². The third-order valence-electron chi connectivity index (χ3n) is 6.05. The van der Waals surface area contributed by atoms with Crippen LogP contribution >= 0.6 is 0 Å². The topological polar surface area (TPSA) is 87.8 Å². The van der Waals surface area contributed by atoms with Crippen LogP contribution in [-0.4, -0.2) is 64.8 Å². The van der Waals surface area contributed by atoms with Crippen molar-refractivity contribution < 1.29 is 15.0 Å². The van der Waals surface area contributed by atoms with Gasteiger partial charge in [-0.15, -0.1) is 0 Å². The third-order valence-corrected chi connectivity index (χ3v) is 6.05. The van der Waals surface area contributed by atoms with Gasteiger partial charge >= 0.3 is 0 Å². The fourth-order valence-corrected chi connectivity index (χ4v) is 4.52. The monoisotopic (exact) mass is 357 g/mol. The number of piperidine rings is 2. The van der Waals surface area contributed by atoms with Gasteiger partial charge in [0.2, 0.25) is 5.91 Å². The smallest absolute Gasteiger partial charge is 0.224 e. The molecule has 6 nitrogen and oxygen atoms in total. The summed E-state index contributed by atoms with van der Waals surface area (Å²) in [4.78, 5) is 16.4. The molecule has 0 radical (unpaired) electrons. The summed E-state index contributed by atoms with van der Waals surface area (Å²) in [7, 11) is 0. The van der Waals surface area contributed by atoms with Gasteiger partial charge in [-0.1, -0.05) is 18.2 Å². The van der Waals surface area contributed by atoms with Crippen LogP contribution in [0.5, 0.6) is 0 Å². The lowest BCUT2D eigenvalue weighted by Gasteiger charge is -2.54. The maximum atomic E-state index is 12.3. The van der Waals surface area contributed by atoms with E-state index in [2.05, 4.69) is 11.0 Å². The van der Waals surface area contributed by atoms with Gasteiger partial charge in [-0.05, 0) is 37.4 Å². The number of likely N-dealkylation sites (tertiary alicyclic amines) is 2. The van der Waals surface area contributed by atoms with Crippen molar-refractivity contribution in [2.45, 2.75) is 38.3 Å². The van der Waals surface area contributed by atoms with E-state index in [4.69, 9.17) is 5.11 Å². The molecule has 26 heavy (non-hydrogen) atoms. The molecule has 2 heterocycles. The Morgan fingerprint density at radius 3 is 2.81 bits per heavy atom. The Bertz CT molecular complexity index is 687. The SMILES string of the molecule is N#Cc1ccccc1CN1CCC[C@]2(CO)CCN(C(=O)CCO)C[C@@H]12. The fraction of sp³-hybridized carbons (Fsp3) is 0.600. The Balaban J connectivity index is 1.83. The van der Waals surface area contributed by atoms with E-state index in [1.807, 2.05) is 29.2 Å². The van der Waals surface area contributed by atoms with E-state index in [0.29, 0.717) is 25.2 Å². The van der Waals surface area contributed by atoms with Gasteiger partial charge in [-0.25, -0.2) is 0 Å². The lowest BCUT2D eigenvalue weighted by Crippen LogP contribution is -2.63. The predicted octanol–water partition coefficient (Wildman–Crippen LogP) is 1.12. The first-order valence-electron chi connectivity index (χ1n) is 9.35. The molecule has 2 aliphatic heterocycles. The van der Waals surface area contributed by atoms with E-state index < -0.39 is 0 Å². The molecule has 2 saturated heterocycles. The highest BCUT2D eigenvalue weighted by atomic mass is 16.3. The summed E-state index contributed by atoms with van der Waals surface area (Å²) < 4.78 is 0. The number of nitrogens with zero attached hydrogens (tertiary/aromatic N) is 3. The van der Waals surface area contributed by atoms with Crippen LogP contribution < -0.4 is 0 Å².